The molecule has 0 saturated heterocycles. The molecule has 0 amide bonds. The van der Waals surface area contributed by atoms with Gasteiger partial charge in [-0.15, -0.1) is 0 Å². The number of nitriles is 1. The van der Waals surface area contributed by atoms with Gasteiger partial charge in [0.2, 0.25) is 0 Å². The zero-order valence-corrected chi connectivity index (χ0v) is 12.2. The normalized spacial score (nSPS) is 10.2. The molecule has 0 saturated carbocycles. The molecule has 2 aromatic carbocycles. The third-order valence-electron chi connectivity index (χ3n) is 3.62. The molecule has 3 heteroatoms. The van der Waals surface area contributed by atoms with E-state index in [1.807, 2.05) is 67.6 Å². The van der Waals surface area contributed by atoms with Gasteiger partial charge in [0.25, 0.3) is 5.56 Å². The first-order valence-electron chi connectivity index (χ1n) is 6.99. The lowest BCUT2D eigenvalue weighted by molar-refractivity contribution is 0.973. The Hall–Kier alpha value is -3.12. The number of aromatic nitrogens is 1. The van der Waals surface area contributed by atoms with Crippen LogP contribution < -0.4 is 5.56 Å². The molecular formula is C19H14N2O. The van der Waals surface area contributed by atoms with Crippen molar-refractivity contribution in [3.63, 3.8) is 0 Å². The first kappa shape index (κ1) is 13.8. The summed E-state index contributed by atoms with van der Waals surface area (Å²) in [5.74, 6) is 0. The lowest BCUT2D eigenvalue weighted by Crippen LogP contribution is -2.21. The standard InChI is InChI=1S/C19H14N2O/c1-14-7-5-6-10-18(14)21-13-17(11-16(12-20)19(21)22)15-8-3-2-4-9-15/h2-11,13H,1H3. The number of para-hydroxylation sites is 1. The fourth-order valence-corrected chi connectivity index (χ4v) is 2.46. The second-order valence-electron chi connectivity index (χ2n) is 5.08. The molecule has 3 nitrogen and oxygen atoms in total. The van der Waals surface area contributed by atoms with Gasteiger partial charge < -0.3 is 0 Å². The van der Waals surface area contributed by atoms with E-state index in [4.69, 9.17) is 0 Å². The first-order valence-corrected chi connectivity index (χ1v) is 6.99. The van der Waals surface area contributed by atoms with Gasteiger partial charge in [0.05, 0.1) is 5.69 Å². The summed E-state index contributed by atoms with van der Waals surface area (Å²) in [7, 11) is 0. The van der Waals surface area contributed by atoms with Gasteiger partial charge in [0.1, 0.15) is 11.6 Å². The highest BCUT2D eigenvalue weighted by Crippen LogP contribution is 2.21. The zero-order valence-electron chi connectivity index (χ0n) is 12.2. The Balaban J connectivity index is 2.30. The van der Waals surface area contributed by atoms with Crippen LogP contribution >= 0.6 is 0 Å². The lowest BCUT2D eigenvalue weighted by atomic mass is 10.1. The number of aryl methyl sites for hydroxylation is 1. The second-order valence-corrected chi connectivity index (χ2v) is 5.08. The van der Waals surface area contributed by atoms with Crippen LogP contribution in [0.4, 0.5) is 0 Å². The SMILES string of the molecule is Cc1ccccc1-n1cc(-c2ccccc2)cc(C#N)c1=O. The van der Waals surface area contributed by atoms with Crippen LogP contribution in [0.2, 0.25) is 0 Å². The van der Waals surface area contributed by atoms with Crippen LogP contribution in [0, 0.1) is 18.3 Å². The first-order chi connectivity index (χ1) is 10.7. The van der Waals surface area contributed by atoms with Crippen molar-refractivity contribution in [1.29, 1.82) is 5.26 Å². The van der Waals surface area contributed by atoms with Crippen LogP contribution in [0.1, 0.15) is 11.1 Å². The average molecular weight is 286 g/mol. The van der Waals surface area contributed by atoms with E-state index in [0.717, 1.165) is 22.4 Å². The maximum Gasteiger partial charge on any atom is 0.273 e. The molecular weight excluding hydrogens is 272 g/mol. The maximum atomic E-state index is 12.5. The fourth-order valence-electron chi connectivity index (χ4n) is 2.46. The van der Waals surface area contributed by atoms with Gasteiger partial charge in [-0.25, -0.2) is 0 Å². The molecule has 0 bridgehead atoms. The van der Waals surface area contributed by atoms with Crippen LogP contribution in [-0.2, 0) is 0 Å². The molecule has 0 unspecified atom stereocenters. The van der Waals surface area contributed by atoms with Crippen molar-refractivity contribution in [2.45, 2.75) is 6.92 Å². The molecule has 0 atom stereocenters. The highest BCUT2D eigenvalue weighted by atomic mass is 16.1. The van der Waals surface area contributed by atoms with E-state index in [-0.39, 0.29) is 11.1 Å². The fraction of sp³-hybridized carbons (Fsp3) is 0.0526. The van der Waals surface area contributed by atoms with Crippen molar-refractivity contribution in [2.75, 3.05) is 0 Å². The van der Waals surface area contributed by atoms with E-state index in [1.54, 1.807) is 16.8 Å². The Morgan fingerprint density at radius 1 is 0.955 bits per heavy atom. The molecule has 0 aliphatic carbocycles. The van der Waals surface area contributed by atoms with Crippen LogP contribution in [-0.4, -0.2) is 4.57 Å². The number of pyridine rings is 1. The van der Waals surface area contributed by atoms with Crippen LogP contribution in [0.3, 0.4) is 0 Å². The van der Waals surface area contributed by atoms with Crippen molar-refractivity contribution in [3.8, 4) is 22.9 Å². The van der Waals surface area contributed by atoms with Crippen molar-refractivity contribution in [3.05, 3.63) is 88.3 Å². The monoisotopic (exact) mass is 286 g/mol. The number of benzene rings is 2. The van der Waals surface area contributed by atoms with Gasteiger partial charge in [-0.2, -0.15) is 5.26 Å². The summed E-state index contributed by atoms with van der Waals surface area (Å²) in [6, 6.07) is 21.0. The van der Waals surface area contributed by atoms with Gasteiger partial charge in [-0.05, 0) is 35.7 Å². The average Bonchev–Trinajstić information content (AvgIpc) is 2.57. The Morgan fingerprint density at radius 2 is 1.64 bits per heavy atom. The third kappa shape index (κ3) is 2.43. The summed E-state index contributed by atoms with van der Waals surface area (Å²) < 4.78 is 1.55. The maximum absolute atomic E-state index is 12.5. The highest BCUT2D eigenvalue weighted by Gasteiger charge is 2.10. The second kappa shape index (κ2) is 5.71. The Kier molecular flexibility index (Phi) is 3.59. The minimum absolute atomic E-state index is 0.143. The highest BCUT2D eigenvalue weighted by molar-refractivity contribution is 5.64. The lowest BCUT2D eigenvalue weighted by Gasteiger charge is -2.12. The predicted octanol–water partition coefficient (Wildman–Crippen LogP) is 3.68. The van der Waals surface area contributed by atoms with E-state index in [1.165, 1.54) is 0 Å². The van der Waals surface area contributed by atoms with Gasteiger partial charge in [0, 0.05) is 6.20 Å². The summed E-state index contributed by atoms with van der Waals surface area (Å²) >= 11 is 0. The summed E-state index contributed by atoms with van der Waals surface area (Å²) in [4.78, 5) is 12.5. The molecule has 0 spiro atoms. The molecule has 1 heterocycles. The van der Waals surface area contributed by atoms with Crippen molar-refractivity contribution < 1.29 is 0 Å². The van der Waals surface area contributed by atoms with Crippen molar-refractivity contribution >= 4 is 0 Å². The van der Waals surface area contributed by atoms with E-state index >= 15 is 0 Å². The number of hydrogen-bond acceptors (Lipinski definition) is 2. The van der Waals surface area contributed by atoms with Gasteiger partial charge in [0.15, 0.2) is 0 Å². The minimum Gasteiger partial charge on any atom is -0.282 e. The Morgan fingerprint density at radius 3 is 2.32 bits per heavy atom. The number of nitrogens with zero attached hydrogens (tertiary/aromatic N) is 2. The van der Waals surface area contributed by atoms with Crippen LogP contribution in [0.25, 0.3) is 16.8 Å². The zero-order chi connectivity index (χ0) is 15.5. The van der Waals surface area contributed by atoms with Crippen molar-refractivity contribution in [2.24, 2.45) is 0 Å². The van der Waals surface area contributed by atoms with E-state index < -0.39 is 0 Å². The largest absolute Gasteiger partial charge is 0.282 e. The van der Waals surface area contributed by atoms with Crippen LogP contribution in [0.5, 0.6) is 0 Å². The molecule has 0 aliphatic heterocycles. The summed E-state index contributed by atoms with van der Waals surface area (Å²) in [5.41, 5.74) is 3.45. The molecule has 106 valence electrons. The van der Waals surface area contributed by atoms with E-state index in [2.05, 4.69) is 0 Å². The summed E-state index contributed by atoms with van der Waals surface area (Å²) in [6.07, 6.45) is 1.79. The van der Waals surface area contributed by atoms with E-state index in [0.29, 0.717) is 0 Å². The molecule has 3 rings (SSSR count). The molecule has 0 radical (unpaired) electrons. The molecule has 22 heavy (non-hydrogen) atoms. The minimum atomic E-state index is -0.295. The topological polar surface area (TPSA) is 45.8 Å². The third-order valence-corrected chi connectivity index (χ3v) is 3.62. The molecule has 0 fully saturated rings. The smallest absolute Gasteiger partial charge is 0.273 e. The Labute approximate surface area is 128 Å². The van der Waals surface area contributed by atoms with Crippen molar-refractivity contribution in [1.82, 2.24) is 4.57 Å². The number of hydrogen-bond donors (Lipinski definition) is 0. The molecule has 0 aliphatic rings. The van der Waals surface area contributed by atoms with Gasteiger partial charge in [-0.3, -0.25) is 9.36 Å². The quantitative estimate of drug-likeness (QED) is 0.721. The predicted molar refractivity (Wildman–Crippen MR) is 86.9 cm³/mol. The van der Waals surface area contributed by atoms with E-state index in [9.17, 15) is 10.1 Å². The van der Waals surface area contributed by atoms with Gasteiger partial charge in [-0.1, -0.05) is 48.5 Å². The molecule has 3 aromatic rings. The van der Waals surface area contributed by atoms with Crippen LogP contribution in [0.15, 0.2) is 71.7 Å². The summed E-state index contributed by atoms with van der Waals surface area (Å²) in [5, 5.41) is 9.27. The van der Waals surface area contributed by atoms with Gasteiger partial charge >= 0.3 is 0 Å². The number of rotatable bonds is 2. The Bertz CT molecular complexity index is 918. The molecule has 1 aromatic heterocycles. The molecule has 0 N–H and O–H groups in total. The summed E-state index contributed by atoms with van der Waals surface area (Å²) in [6.45, 7) is 1.95.